The summed E-state index contributed by atoms with van der Waals surface area (Å²) < 4.78 is 4.91. The van der Waals surface area contributed by atoms with Crippen molar-refractivity contribution in [3.8, 4) is 0 Å². The Morgan fingerprint density at radius 2 is 1.77 bits per heavy atom. The molecule has 2 aromatic carbocycles. The summed E-state index contributed by atoms with van der Waals surface area (Å²) in [6, 6.07) is 19.4. The number of aryl methyl sites for hydroxylation is 1. The minimum atomic E-state index is -1.29. The number of anilines is 1. The van der Waals surface area contributed by atoms with Crippen LogP contribution in [0.1, 0.15) is 16.9 Å². The first-order valence-corrected chi connectivity index (χ1v) is 9.45. The lowest BCUT2D eigenvalue weighted by Crippen LogP contribution is -2.46. The van der Waals surface area contributed by atoms with Crippen LogP contribution in [0.2, 0.25) is 0 Å². The molecule has 0 aliphatic carbocycles. The summed E-state index contributed by atoms with van der Waals surface area (Å²) in [6.45, 7) is 1.26. The van der Waals surface area contributed by atoms with Gasteiger partial charge in [-0.1, -0.05) is 65.8 Å². The van der Waals surface area contributed by atoms with Crippen molar-refractivity contribution in [2.24, 2.45) is 0 Å². The Morgan fingerprint density at radius 1 is 1.10 bits per heavy atom. The summed E-state index contributed by atoms with van der Waals surface area (Å²) in [4.78, 5) is 39.5. The number of nitrogens with zero attached hydrogens (tertiary/aromatic N) is 2. The van der Waals surface area contributed by atoms with Gasteiger partial charge in [-0.2, -0.15) is 0 Å². The highest BCUT2D eigenvalue weighted by atomic mass is 16.5. The normalized spacial score (nSPS) is 18.4. The van der Waals surface area contributed by atoms with Crippen molar-refractivity contribution in [2.75, 3.05) is 11.9 Å². The van der Waals surface area contributed by atoms with Gasteiger partial charge in [-0.15, -0.1) is 0 Å². The van der Waals surface area contributed by atoms with Crippen LogP contribution in [0.4, 0.5) is 10.6 Å². The van der Waals surface area contributed by atoms with E-state index in [-0.39, 0.29) is 12.2 Å². The smallest absolute Gasteiger partial charge is 0.325 e. The van der Waals surface area contributed by atoms with Gasteiger partial charge in [0, 0.05) is 12.5 Å². The molecule has 8 nitrogen and oxygen atoms in total. The predicted molar refractivity (Wildman–Crippen MR) is 108 cm³/mol. The Hall–Kier alpha value is -3.94. The molecule has 1 fully saturated rings. The van der Waals surface area contributed by atoms with E-state index in [9.17, 15) is 14.4 Å². The van der Waals surface area contributed by atoms with Crippen molar-refractivity contribution >= 4 is 23.7 Å². The average molecular weight is 404 g/mol. The molecular weight excluding hydrogens is 384 g/mol. The molecule has 3 aromatic rings. The van der Waals surface area contributed by atoms with E-state index in [1.807, 2.05) is 48.5 Å². The zero-order chi connectivity index (χ0) is 21.1. The van der Waals surface area contributed by atoms with Crippen molar-refractivity contribution in [1.82, 2.24) is 15.4 Å². The molecule has 0 unspecified atom stereocenters. The van der Waals surface area contributed by atoms with Gasteiger partial charge in [-0.05, 0) is 18.1 Å². The molecule has 4 rings (SSSR count). The number of nitrogens with one attached hydrogen (secondary N) is 2. The van der Waals surface area contributed by atoms with E-state index < -0.39 is 29.9 Å². The lowest BCUT2D eigenvalue weighted by Gasteiger charge is -2.27. The largest absolute Gasteiger partial charge is 0.360 e. The molecule has 1 aromatic heterocycles. The van der Waals surface area contributed by atoms with E-state index in [0.717, 1.165) is 10.5 Å². The third-order valence-corrected chi connectivity index (χ3v) is 4.95. The fourth-order valence-corrected chi connectivity index (χ4v) is 3.56. The number of benzene rings is 2. The van der Waals surface area contributed by atoms with Crippen LogP contribution in [0.3, 0.4) is 0 Å². The number of carbonyl (C=O) groups excluding carboxylic acids is 3. The number of hydrogen-bond acceptors (Lipinski definition) is 5. The van der Waals surface area contributed by atoms with Crippen molar-refractivity contribution in [3.05, 3.63) is 83.6 Å². The van der Waals surface area contributed by atoms with Crippen molar-refractivity contribution in [2.45, 2.75) is 18.9 Å². The van der Waals surface area contributed by atoms with Crippen molar-refractivity contribution in [1.29, 1.82) is 0 Å². The van der Waals surface area contributed by atoms with Gasteiger partial charge < -0.3 is 15.2 Å². The quantitative estimate of drug-likeness (QED) is 0.615. The second-order valence-electron chi connectivity index (χ2n) is 7.13. The summed E-state index contributed by atoms with van der Waals surface area (Å²) in [5.74, 6) is -0.265. The van der Waals surface area contributed by atoms with E-state index in [0.29, 0.717) is 11.3 Å². The van der Waals surface area contributed by atoms with Gasteiger partial charge in [-0.25, -0.2) is 4.79 Å². The fraction of sp³-hybridized carbons (Fsp3) is 0.182. The number of hydrogen-bond donors (Lipinski definition) is 2. The minimum Gasteiger partial charge on any atom is -0.360 e. The SMILES string of the molecule is Cc1cc(NC(=O)CN2C(=O)N[C@@](Cc3ccccc3)(c3ccccc3)C2=O)no1. The molecule has 2 heterocycles. The van der Waals surface area contributed by atoms with Crippen LogP contribution < -0.4 is 10.6 Å². The zero-order valence-electron chi connectivity index (χ0n) is 16.3. The second kappa shape index (κ2) is 7.82. The number of rotatable bonds is 6. The summed E-state index contributed by atoms with van der Waals surface area (Å²) in [5, 5.41) is 9.05. The fourth-order valence-electron chi connectivity index (χ4n) is 3.56. The average Bonchev–Trinajstić information content (AvgIpc) is 3.25. The van der Waals surface area contributed by atoms with E-state index in [1.165, 1.54) is 0 Å². The van der Waals surface area contributed by atoms with E-state index in [4.69, 9.17) is 4.52 Å². The van der Waals surface area contributed by atoms with Gasteiger partial charge in [0.2, 0.25) is 5.91 Å². The molecule has 1 saturated heterocycles. The highest BCUT2D eigenvalue weighted by Gasteiger charge is 2.52. The molecule has 2 N–H and O–H groups in total. The topological polar surface area (TPSA) is 105 Å². The van der Waals surface area contributed by atoms with E-state index in [2.05, 4.69) is 15.8 Å². The van der Waals surface area contributed by atoms with Gasteiger partial charge in [0.15, 0.2) is 11.4 Å². The molecule has 1 aliphatic heterocycles. The molecule has 0 bridgehead atoms. The van der Waals surface area contributed by atoms with Crippen LogP contribution >= 0.6 is 0 Å². The van der Waals surface area contributed by atoms with Crippen LogP contribution in [0.25, 0.3) is 0 Å². The van der Waals surface area contributed by atoms with Gasteiger partial charge in [-0.3, -0.25) is 14.5 Å². The Morgan fingerprint density at radius 3 is 2.40 bits per heavy atom. The summed E-state index contributed by atoms with van der Waals surface area (Å²) in [6.07, 6.45) is 0.267. The first-order valence-electron chi connectivity index (χ1n) is 9.45. The van der Waals surface area contributed by atoms with Crippen LogP contribution in [0.15, 0.2) is 71.3 Å². The standard InChI is InChI=1S/C22H20N4O4/c1-15-12-18(25-30-15)23-19(27)14-26-20(28)22(24-21(26)29,17-10-6-3-7-11-17)13-16-8-4-2-5-9-16/h2-12H,13-14H2,1H3,(H,24,29)(H,23,25,27)/t22-/m0/s1. The first kappa shape index (κ1) is 19.4. The molecule has 0 saturated carbocycles. The molecule has 0 spiro atoms. The maximum Gasteiger partial charge on any atom is 0.325 e. The predicted octanol–water partition coefficient (Wildman–Crippen LogP) is 2.61. The molecule has 1 atom stereocenters. The number of imide groups is 1. The molecule has 1 aliphatic rings. The number of urea groups is 1. The van der Waals surface area contributed by atoms with Gasteiger partial charge in [0.1, 0.15) is 12.3 Å². The highest BCUT2D eigenvalue weighted by Crippen LogP contribution is 2.33. The Balaban J connectivity index is 1.61. The van der Waals surface area contributed by atoms with Gasteiger partial charge >= 0.3 is 6.03 Å². The molecule has 0 radical (unpaired) electrons. The number of amides is 4. The van der Waals surface area contributed by atoms with Crippen LogP contribution in [-0.2, 0) is 21.5 Å². The minimum absolute atomic E-state index is 0.225. The first-order chi connectivity index (χ1) is 14.5. The van der Waals surface area contributed by atoms with Crippen molar-refractivity contribution in [3.63, 3.8) is 0 Å². The lowest BCUT2D eigenvalue weighted by atomic mass is 9.83. The van der Waals surface area contributed by atoms with E-state index >= 15 is 0 Å². The molecule has 30 heavy (non-hydrogen) atoms. The monoisotopic (exact) mass is 404 g/mol. The maximum absolute atomic E-state index is 13.5. The molecule has 152 valence electrons. The number of aromatic nitrogens is 1. The zero-order valence-corrected chi connectivity index (χ0v) is 16.3. The summed E-state index contributed by atoms with van der Waals surface area (Å²) >= 11 is 0. The summed E-state index contributed by atoms with van der Waals surface area (Å²) in [5.41, 5.74) is 0.256. The molecule has 4 amide bonds. The Kier molecular flexibility index (Phi) is 5.05. The van der Waals surface area contributed by atoms with Gasteiger partial charge in [0.25, 0.3) is 5.91 Å². The van der Waals surface area contributed by atoms with Crippen molar-refractivity contribution < 1.29 is 18.9 Å². The second-order valence-corrected chi connectivity index (χ2v) is 7.13. The lowest BCUT2D eigenvalue weighted by molar-refractivity contribution is -0.134. The van der Waals surface area contributed by atoms with Crippen LogP contribution in [0.5, 0.6) is 0 Å². The maximum atomic E-state index is 13.5. The van der Waals surface area contributed by atoms with Gasteiger partial charge in [0.05, 0.1) is 0 Å². The Bertz CT molecular complexity index is 1080. The highest BCUT2D eigenvalue weighted by molar-refractivity contribution is 6.10. The third kappa shape index (κ3) is 3.67. The van der Waals surface area contributed by atoms with Crippen LogP contribution in [-0.4, -0.2) is 34.4 Å². The Labute approximate surface area is 172 Å². The third-order valence-electron chi connectivity index (χ3n) is 4.95. The van der Waals surface area contributed by atoms with E-state index in [1.54, 1.807) is 25.1 Å². The number of carbonyl (C=O) groups is 3. The summed E-state index contributed by atoms with van der Waals surface area (Å²) in [7, 11) is 0. The molecule has 8 heteroatoms. The molecular formula is C22H20N4O4. The van der Waals surface area contributed by atoms with Crippen LogP contribution in [0, 0.1) is 6.92 Å².